The smallest absolute Gasteiger partial charge is 0.207 e. The van der Waals surface area contributed by atoms with Gasteiger partial charge in [0.15, 0.2) is 0 Å². The molecule has 0 bridgehead atoms. The number of halogens is 2. The first-order chi connectivity index (χ1) is 9.48. The molecule has 2 aromatic carbocycles. The second-order valence-electron chi connectivity index (χ2n) is 4.60. The van der Waals surface area contributed by atoms with Crippen molar-refractivity contribution in [3.05, 3.63) is 65.7 Å². The van der Waals surface area contributed by atoms with Crippen LogP contribution in [0.15, 0.2) is 53.4 Å². The van der Waals surface area contributed by atoms with Crippen LogP contribution in [0.4, 0.5) is 8.78 Å². The van der Waals surface area contributed by atoms with Crippen LogP contribution in [0.1, 0.15) is 11.6 Å². The first kappa shape index (κ1) is 13.2. The number of rotatable bonds is 3. The monoisotopic (exact) mass is 295 g/mol. The highest BCUT2D eigenvalue weighted by molar-refractivity contribution is 7.89. The maximum atomic E-state index is 12.8. The molecular formula is C14H11F2NO2S. The summed E-state index contributed by atoms with van der Waals surface area (Å²) in [5.41, 5.74) is 0.747. The van der Waals surface area contributed by atoms with Crippen LogP contribution in [0.5, 0.6) is 0 Å². The van der Waals surface area contributed by atoms with E-state index in [-0.39, 0.29) is 16.8 Å². The highest BCUT2D eigenvalue weighted by atomic mass is 32.2. The van der Waals surface area contributed by atoms with Crippen molar-refractivity contribution in [3.8, 4) is 0 Å². The van der Waals surface area contributed by atoms with Gasteiger partial charge in [-0.3, -0.25) is 0 Å². The summed E-state index contributed by atoms with van der Waals surface area (Å²) in [4.78, 5) is 0.0588. The molecule has 0 aromatic heterocycles. The highest BCUT2D eigenvalue weighted by Crippen LogP contribution is 2.40. The molecule has 0 N–H and O–H groups in total. The van der Waals surface area contributed by atoms with E-state index in [1.54, 1.807) is 12.1 Å². The van der Waals surface area contributed by atoms with Crippen LogP contribution < -0.4 is 0 Å². The van der Waals surface area contributed by atoms with Crippen molar-refractivity contribution in [1.82, 2.24) is 4.31 Å². The lowest BCUT2D eigenvalue weighted by Gasteiger charge is -2.06. The molecule has 1 aliphatic heterocycles. The molecule has 6 heteroatoms. The predicted octanol–water partition coefficient (Wildman–Crippen LogP) is 2.71. The lowest BCUT2D eigenvalue weighted by Crippen LogP contribution is -2.12. The summed E-state index contributed by atoms with van der Waals surface area (Å²) in [5.74, 6) is -0.841. The molecule has 0 amide bonds. The van der Waals surface area contributed by atoms with Crippen LogP contribution in [-0.4, -0.2) is 19.3 Å². The number of hydrogen-bond acceptors (Lipinski definition) is 2. The summed E-state index contributed by atoms with van der Waals surface area (Å²) in [7, 11) is -3.62. The Morgan fingerprint density at radius 1 is 0.900 bits per heavy atom. The van der Waals surface area contributed by atoms with Gasteiger partial charge in [-0.1, -0.05) is 12.1 Å². The largest absolute Gasteiger partial charge is 0.243 e. The second kappa shape index (κ2) is 4.64. The van der Waals surface area contributed by atoms with Crippen molar-refractivity contribution in [2.24, 2.45) is 0 Å². The van der Waals surface area contributed by atoms with Gasteiger partial charge in [0.25, 0.3) is 0 Å². The molecule has 20 heavy (non-hydrogen) atoms. The Hall–Kier alpha value is -1.79. The number of nitrogens with zero attached hydrogens (tertiary/aromatic N) is 1. The van der Waals surface area contributed by atoms with Crippen LogP contribution >= 0.6 is 0 Å². The van der Waals surface area contributed by atoms with E-state index in [0.29, 0.717) is 6.54 Å². The van der Waals surface area contributed by atoms with Gasteiger partial charge in [0.2, 0.25) is 10.0 Å². The fraction of sp³-hybridized carbons (Fsp3) is 0.143. The Morgan fingerprint density at radius 3 is 1.95 bits per heavy atom. The van der Waals surface area contributed by atoms with Crippen molar-refractivity contribution < 1.29 is 17.2 Å². The average Bonchev–Trinajstić information content (AvgIpc) is 3.21. The quantitative estimate of drug-likeness (QED) is 0.816. The Bertz CT molecular complexity index is 727. The summed E-state index contributed by atoms with van der Waals surface area (Å²) in [6, 6.07) is 10.2. The fourth-order valence-electron chi connectivity index (χ4n) is 2.09. The van der Waals surface area contributed by atoms with Crippen molar-refractivity contribution in [3.63, 3.8) is 0 Å². The SMILES string of the molecule is O=S(=O)(c1ccc(F)cc1)N1C[C@H]1c1ccc(F)cc1. The first-order valence-corrected chi connectivity index (χ1v) is 7.45. The van der Waals surface area contributed by atoms with E-state index in [4.69, 9.17) is 0 Å². The van der Waals surface area contributed by atoms with E-state index < -0.39 is 15.8 Å². The third-order valence-corrected chi connectivity index (χ3v) is 5.13. The van der Waals surface area contributed by atoms with Crippen molar-refractivity contribution >= 4 is 10.0 Å². The molecule has 1 aliphatic rings. The van der Waals surface area contributed by atoms with E-state index in [0.717, 1.165) is 17.7 Å². The average molecular weight is 295 g/mol. The molecule has 3 nitrogen and oxygen atoms in total. The molecule has 0 aliphatic carbocycles. The zero-order valence-electron chi connectivity index (χ0n) is 10.3. The number of benzene rings is 2. The lowest BCUT2D eigenvalue weighted by molar-refractivity contribution is 0.553. The van der Waals surface area contributed by atoms with E-state index >= 15 is 0 Å². The van der Waals surface area contributed by atoms with Crippen LogP contribution in [0.2, 0.25) is 0 Å². The van der Waals surface area contributed by atoms with Gasteiger partial charge >= 0.3 is 0 Å². The van der Waals surface area contributed by atoms with E-state index in [9.17, 15) is 17.2 Å². The number of sulfonamides is 1. The minimum absolute atomic E-state index is 0.0588. The summed E-state index contributed by atoms with van der Waals surface area (Å²) in [6.45, 7) is 0.353. The lowest BCUT2D eigenvalue weighted by atomic mass is 10.2. The highest BCUT2D eigenvalue weighted by Gasteiger charge is 2.45. The van der Waals surface area contributed by atoms with E-state index in [2.05, 4.69) is 0 Å². The molecule has 2 aromatic rings. The van der Waals surface area contributed by atoms with Gasteiger partial charge in [-0.2, -0.15) is 4.31 Å². The maximum Gasteiger partial charge on any atom is 0.243 e. The van der Waals surface area contributed by atoms with Gasteiger partial charge < -0.3 is 0 Å². The topological polar surface area (TPSA) is 37.1 Å². The first-order valence-electron chi connectivity index (χ1n) is 6.01. The van der Waals surface area contributed by atoms with E-state index in [1.165, 1.54) is 28.6 Å². The Balaban J connectivity index is 1.84. The van der Waals surface area contributed by atoms with Gasteiger partial charge in [-0.25, -0.2) is 17.2 Å². The molecule has 104 valence electrons. The molecule has 1 fully saturated rings. The van der Waals surface area contributed by atoms with Crippen LogP contribution in [0.3, 0.4) is 0 Å². The van der Waals surface area contributed by atoms with Gasteiger partial charge in [-0.15, -0.1) is 0 Å². The predicted molar refractivity (Wildman–Crippen MR) is 69.4 cm³/mol. The van der Waals surface area contributed by atoms with Crippen molar-refractivity contribution in [2.45, 2.75) is 10.9 Å². The Labute approximate surface area is 115 Å². The van der Waals surface area contributed by atoms with Crippen LogP contribution in [0, 0.1) is 11.6 Å². The van der Waals surface area contributed by atoms with Crippen LogP contribution in [0.25, 0.3) is 0 Å². The fourth-order valence-corrected chi connectivity index (χ4v) is 3.63. The molecule has 3 rings (SSSR count). The third-order valence-electron chi connectivity index (χ3n) is 3.24. The molecule has 1 saturated heterocycles. The molecular weight excluding hydrogens is 284 g/mol. The normalized spacial score (nSPS) is 21.7. The van der Waals surface area contributed by atoms with E-state index in [1.807, 2.05) is 0 Å². The van der Waals surface area contributed by atoms with Gasteiger partial charge in [-0.05, 0) is 42.0 Å². The molecule has 1 unspecified atom stereocenters. The third kappa shape index (κ3) is 2.32. The molecule has 0 radical (unpaired) electrons. The minimum atomic E-state index is -3.62. The molecule has 1 heterocycles. The summed E-state index contributed by atoms with van der Waals surface area (Å²) < 4.78 is 51.5. The summed E-state index contributed by atoms with van der Waals surface area (Å²) in [5, 5.41) is 0. The molecule has 2 atom stereocenters. The van der Waals surface area contributed by atoms with Gasteiger partial charge in [0.05, 0.1) is 10.9 Å². The van der Waals surface area contributed by atoms with Gasteiger partial charge in [0, 0.05) is 6.54 Å². The molecule has 0 spiro atoms. The van der Waals surface area contributed by atoms with Crippen LogP contribution in [-0.2, 0) is 10.0 Å². The van der Waals surface area contributed by atoms with Gasteiger partial charge in [0.1, 0.15) is 11.6 Å². The molecule has 0 saturated carbocycles. The summed E-state index contributed by atoms with van der Waals surface area (Å²) in [6.07, 6.45) is 0. The Morgan fingerprint density at radius 2 is 1.40 bits per heavy atom. The zero-order chi connectivity index (χ0) is 14.3. The zero-order valence-corrected chi connectivity index (χ0v) is 11.1. The summed E-state index contributed by atoms with van der Waals surface area (Å²) >= 11 is 0. The number of hydrogen-bond donors (Lipinski definition) is 0. The standard InChI is InChI=1S/C14H11F2NO2S/c15-11-3-1-10(2-4-11)14-9-17(14)20(18,19)13-7-5-12(16)6-8-13/h1-8,14H,9H2/t14-,17?/m0/s1. The Kier molecular flexibility index (Phi) is 3.07. The second-order valence-corrected chi connectivity index (χ2v) is 6.49. The van der Waals surface area contributed by atoms with Crippen molar-refractivity contribution in [2.75, 3.05) is 6.54 Å². The maximum absolute atomic E-state index is 12.8. The van der Waals surface area contributed by atoms with Crippen molar-refractivity contribution in [1.29, 1.82) is 0 Å². The minimum Gasteiger partial charge on any atom is -0.207 e.